The zero-order valence-electron chi connectivity index (χ0n) is 8.90. The molecule has 1 aliphatic heterocycles. The van der Waals surface area contributed by atoms with Gasteiger partial charge in [0.15, 0.2) is 0 Å². The summed E-state index contributed by atoms with van der Waals surface area (Å²) in [6.45, 7) is 2.28. The van der Waals surface area contributed by atoms with Gasteiger partial charge in [0.05, 0.1) is 6.26 Å². The molecule has 84 valence electrons. The van der Waals surface area contributed by atoms with Crippen LogP contribution in [0.3, 0.4) is 0 Å². The number of sulfonamides is 1. The summed E-state index contributed by atoms with van der Waals surface area (Å²) < 4.78 is 28.9. The van der Waals surface area contributed by atoms with Crippen molar-refractivity contribution in [2.45, 2.75) is 19.3 Å². The van der Waals surface area contributed by atoms with Crippen LogP contribution in [0, 0.1) is 5.92 Å². The summed E-state index contributed by atoms with van der Waals surface area (Å²) in [5, 5.41) is 0. The number of rotatable bonds is 4. The second kappa shape index (κ2) is 5.09. The van der Waals surface area contributed by atoms with Gasteiger partial charge in [-0.15, -0.1) is 0 Å². The number of hydrogen-bond acceptors (Lipinski definition) is 3. The molecule has 1 rings (SSSR count). The lowest BCUT2D eigenvalue weighted by Gasteiger charge is -2.23. The average Bonchev–Trinajstić information content (AvgIpc) is 2.14. The third kappa shape index (κ3) is 3.94. The fourth-order valence-corrected chi connectivity index (χ4v) is 2.00. The Kier molecular flexibility index (Phi) is 4.34. The highest BCUT2D eigenvalue weighted by atomic mass is 32.2. The molecule has 0 aromatic rings. The predicted molar refractivity (Wildman–Crippen MR) is 55.6 cm³/mol. The molecule has 0 N–H and O–H groups in total. The molecule has 1 saturated heterocycles. The van der Waals surface area contributed by atoms with E-state index in [9.17, 15) is 8.42 Å². The lowest BCUT2D eigenvalue weighted by molar-refractivity contribution is 0.0628. The van der Waals surface area contributed by atoms with E-state index in [1.165, 1.54) is 10.6 Å². The summed E-state index contributed by atoms with van der Waals surface area (Å²) in [7, 11) is -1.37. The Hall–Kier alpha value is -0.130. The first kappa shape index (κ1) is 11.9. The summed E-state index contributed by atoms with van der Waals surface area (Å²) in [6, 6.07) is 0. The van der Waals surface area contributed by atoms with Crippen molar-refractivity contribution in [1.82, 2.24) is 4.31 Å². The number of ether oxygens (including phenoxy) is 1. The highest BCUT2D eigenvalue weighted by Crippen LogP contribution is 2.18. The summed E-state index contributed by atoms with van der Waals surface area (Å²) in [6.07, 6.45) is 4.33. The van der Waals surface area contributed by atoms with Crippen molar-refractivity contribution in [3.05, 3.63) is 0 Å². The minimum atomic E-state index is -3.00. The Balaban J connectivity index is 2.25. The zero-order valence-corrected chi connectivity index (χ0v) is 9.72. The molecule has 14 heavy (non-hydrogen) atoms. The fourth-order valence-electron chi connectivity index (χ4n) is 1.57. The molecule has 0 saturated carbocycles. The highest BCUT2D eigenvalue weighted by Gasteiger charge is 2.16. The third-order valence-corrected chi connectivity index (χ3v) is 4.07. The van der Waals surface area contributed by atoms with Crippen LogP contribution < -0.4 is 0 Å². The Bertz CT molecular complexity index is 257. The Morgan fingerprint density at radius 2 is 1.93 bits per heavy atom. The van der Waals surface area contributed by atoms with Crippen molar-refractivity contribution in [1.29, 1.82) is 0 Å². The van der Waals surface area contributed by atoms with Gasteiger partial charge in [-0.1, -0.05) is 0 Å². The predicted octanol–water partition coefficient (Wildman–Crippen LogP) is 0.694. The van der Waals surface area contributed by atoms with Gasteiger partial charge < -0.3 is 4.74 Å². The summed E-state index contributed by atoms with van der Waals surface area (Å²) in [5.74, 6) is 0.632. The van der Waals surface area contributed by atoms with Crippen molar-refractivity contribution in [3.63, 3.8) is 0 Å². The Labute approximate surface area is 86.3 Å². The van der Waals surface area contributed by atoms with Crippen LogP contribution >= 0.6 is 0 Å². The van der Waals surface area contributed by atoms with Crippen LogP contribution in [0.5, 0.6) is 0 Å². The van der Waals surface area contributed by atoms with E-state index in [1.807, 2.05) is 0 Å². The first-order chi connectivity index (χ1) is 6.50. The normalized spacial score (nSPS) is 20.2. The first-order valence-electron chi connectivity index (χ1n) is 4.99. The lowest BCUT2D eigenvalue weighted by atomic mass is 9.97. The Morgan fingerprint density at radius 3 is 2.43 bits per heavy atom. The molecule has 0 aromatic heterocycles. The first-order valence-corrected chi connectivity index (χ1v) is 6.84. The molecular formula is C9H19NO3S. The maximum atomic E-state index is 11.1. The summed E-state index contributed by atoms with van der Waals surface area (Å²) in [5.41, 5.74) is 0. The molecule has 0 aliphatic carbocycles. The molecule has 0 bridgehead atoms. The van der Waals surface area contributed by atoms with Gasteiger partial charge >= 0.3 is 0 Å². The van der Waals surface area contributed by atoms with Crippen LogP contribution in [-0.2, 0) is 14.8 Å². The molecule has 0 aromatic carbocycles. The average molecular weight is 221 g/mol. The molecular weight excluding hydrogens is 202 g/mol. The lowest BCUT2D eigenvalue weighted by Crippen LogP contribution is -2.29. The van der Waals surface area contributed by atoms with Gasteiger partial charge in [0.1, 0.15) is 0 Å². The van der Waals surface area contributed by atoms with Crippen molar-refractivity contribution in [2.24, 2.45) is 5.92 Å². The molecule has 0 amide bonds. The topological polar surface area (TPSA) is 46.6 Å². The standard InChI is InChI=1S/C9H19NO3S/c1-10(14(2,11)12)6-3-9-4-7-13-8-5-9/h9H,3-8H2,1-2H3. The highest BCUT2D eigenvalue weighted by molar-refractivity contribution is 7.88. The van der Waals surface area contributed by atoms with Crippen molar-refractivity contribution in [3.8, 4) is 0 Å². The molecule has 4 nitrogen and oxygen atoms in total. The monoisotopic (exact) mass is 221 g/mol. The smallest absolute Gasteiger partial charge is 0.210 e. The van der Waals surface area contributed by atoms with Crippen molar-refractivity contribution in [2.75, 3.05) is 33.1 Å². The Morgan fingerprint density at radius 1 is 1.36 bits per heavy atom. The molecule has 0 radical (unpaired) electrons. The zero-order chi connectivity index (χ0) is 10.6. The molecule has 0 atom stereocenters. The quantitative estimate of drug-likeness (QED) is 0.702. The fraction of sp³-hybridized carbons (Fsp3) is 1.00. The van der Waals surface area contributed by atoms with E-state index in [4.69, 9.17) is 4.74 Å². The van der Waals surface area contributed by atoms with Gasteiger partial charge in [0.2, 0.25) is 10.0 Å². The maximum absolute atomic E-state index is 11.1. The van der Waals surface area contributed by atoms with Crippen LogP contribution in [0.25, 0.3) is 0 Å². The van der Waals surface area contributed by atoms with E-state index in [1.54, 1.807) is 7.05 Å². The number of nitrogens with zero attached hydrogens (tertiary/aromatic N) is 1. The summed E-state index contributed by atoms with van der Waals surface area (Å²) >= 11 is 0. The minimum absolute atomic E-state index is 0.628. The molecule has 0 spiro atoms. The van der Waals surface area contributed by atoms with Gasteiger partial charge in [0.25, 0.3) is 0 Å². The van der Waals surface area contributed by atoms with Gasteiger partial charge in [-0.05, 0) is 25.2 Å². The second-order valence-corrected chi connectivity index (χ2v) is 6.02. The van der Waals surface area contributed by atoms with E-state index in [2.05, 4.69) is 0 Å². The largest absolute Gasteiger partial charge is 0.381 e. The van der Waals surface area contributed by atoms with Crippen LogP contribution in [-0.4, -0.2) is 45.8 Å². The van der Waals surface area contributed by atoms with Crippen LogP contribution in [0.15, 0.2) is 0 Å². The van der Waals surface area contributed by atoms with E-state index < -0.39 is 10.0 Å². The van der Waals surface area contributed by atoms with Crippen molar-refractivity contribution >= 4 is 10.0 Å². The second-order valence-electron chi connectivity index (χ2n) is 3.93. The van der Waals surface area contributed by atoms with Crippen LogP contribution in [0.1, 0.15) is 19.3 Å². The van der Waals surface area contributed by atoms with Crippen molar-refractivity contribution < 1.29 is 13.2 Å². The van der Waals surface area contributed by atoms with Gasteiger partial charge in [0, 0.05) is 26.8 Å². The maximum Gasteiger partial charge on any atom is 0.210 e. The van der Waals surface area contributed by atoms with E-state index in [-0.39, 0.29) is 0 Å². The van der Waals surface area contributed by atoms with E-state index in [0.29, 0.717) is 12.5 Å². The minimum Gasteiger partial charge on any atom is -0.381 e. The molecule has 1 fully saturated rings. The third-order valence-electron chi connectivity index (χ3n) is 2.76. The molecule has 1 aliphatic rings. The van der Waals surface area contributed by atoms with Gasteiger partial charge in [-0.3, -0.25) is 0 Å². The van der Waals surface area contributed by atoms with Gasteiger partial charge in [-0.25, -0.2) is 12.7 Å². The van der Waals surface area contributed by atoms with E-state index in [0.717, 1.165) is 32.5 Å². The van der Waals surface area contributed by atoms with E-state index >= 15 is 0 Å². The van der Waals surface area contributed by atoms with Gasteiger partial charge in [-0.2, -0.15) is 0 Å². The molecule has 5 heteroatoms. The summed E-state index contributed by atoms with van der Waals surface area (Å²) in [4.78, 5) is 0. The van der Waals surface area contributed by atoms with Crippen LogP contribution in [0.4, 0.5) is 0 Å². The van der Waals surface area contributed by atoms with Crippen LogP contribution in [0.2, 0.25) is 0 Å². The molecule has 0 unspecified atom stereocenters. The SMILES string of the molecule is CN(CCC1CCOCC1)S(C)(=O)=O. The number of hydrogen-bond donors (Lipinski definition) is 0. The molecule has 1 heterocycles.